The Kier molecular flexibility index (Phi) is 2.21. The lowest BCUT2D eigenvalue weighted by Crippen LogP contribution is -2.27. The van der Waals surface area contributed by atoms with Gasteiger partial charge >= 0.3 is 0 Å². The number of pyridine rings is 1. The third-order valence-corrected chi connectivity index (χ3v) is 3.43. The van der Waals surface area contributed by atoms with Crippen LogP contribution in [0.4, 0.5) is 0 Å². The molecule has 16 heavy (non-hydrogen) atoms. The average Bonchev–Trinajstić information content (AvgIpc) is 2.74. The number of aromatic nitrogens is 1. The maximum absolute atomic E-state index is 10.5. The van der Waals surface area contributed by atoms with E-state index >= 15 is 0 Å². The highest BCUT2D eigenvalue weighted by molar-refractivity contribution is 5.73. The molecule has 3 nitrogen and oxygen atoms in total. The summed E-state index contributed by atoms with van der Waals surface area (Å²) in [5.74, 6) is 0.681. The van der Waals surface area contributed by atoms with E-state index in [0.29, 0.717) is 5.76 Å². The Morgan fingerprint density at radius 2 is 2.06 bits per heavy atom. The molecule has 1 fully saturated rings. The first-order valence-electron chi connectivity index (χ1n) is 5.85. The van der Waals surface area contributed by atoms with Gasteiger partial charge in [0.25, 0.3) is 0 Å². The SMILES string of the molecule is OC1(c2cc3ncccc3o2)CCCCC1. The number of nitrogens with zero attached hydrogens (tertiary/aromatic N) is 1. The number of hydrogen-bond donors (Lipinski definition) is 1. The van der Waals surface area contributed by atoms with Crippen LogP contribution < -0.4 is 0 Å². The molecule has 2 aromatic rings. The van der Waals surface area contributed by atoms with Gasteiger partial charge in [0.15, 0.2) is 5.58 Å². The monoisotopic (exact) mass is 217 g/mol. The van der Waals surface area contributed by atoms with E-state index in [1.807, 2.05) is 18.2 Å². The van der Waals surface area contributed by atoms with Crippen molar-refractivity contribution in [3.8, 4) is 0 Å². The zero-order chi connectivity index (χ0) is 11.0. The predicted octanol–water partition coefficient (Wildman–Crippen LogP) is 2.98. The molecule has 0 bridgehead atoms. The second-order valence-electron chi connectivity index (χ2n) is 4.59. The molecule has 2 aromatic heterocycles. The molecule has 0 aliphatic heterocycles. The van der Waals surface area contributed by atoms with Crippen LogP contribution in [-0.2, 0) is 5.60 Å². The fourth-order valence-corrected chi connectivity index (χ4v) is 2.48. The minimum Gasteiger partial charge on any atom is -0.456 e. The molecular weight excluding hydrogens is 202 g/mol. The highest BCUT2D eigenvalue weighted by atomic mass is 16.4. The smallest absolute Gasteiger partial charge is 0.152 e. The Labute approximate surface area is 94.1 Å². The number of furan rings is 1. The molecule has 0 atom stereocenters. The van der Waals surface area contributed by atoms with Crippen LogP contribution in [0.25, 0.3) is 11.1 Å². The van der Waals surface area contributed by atoms with Gasteiger partial charge in [0.2, 0.25) is 0 Å². The number of rotatable bonds is 1. The molecule has 1 aliphatic rings. The lowest BCUT2D eigenvalue weighted by atomic mass is 9.83. The van der Waals surface area contributed by atoms with Crippen molar-refractivity contribution in [3.63, 3.8) is 0 Å². The van der Waals surface area contributed by atoms with E-state index in [1.165, 1.54) is 6.42 Å². The Morgan fingerprint density at radius 1 is 1.25 bits per heavy atom. The molecule has 1 aliphatic carbocycles. The standard InChI is InChI=1S/C13H15NO2/c15-13(6-2-1-3-7-13)12-9-10-11(16-12)5-4-8-14-10/h4-5,8-9,15H,1-3,6-7H2. The van der Waals surface area contributed by atoms with Crippen LogP contribution >= 0.6 is 0 Å². The van der Waals surface area contributed by atoms with E-state index in [4.69, 9.17) is 4.42 Å². The molecule has 3 heteroatoms. The molecule has 1 saturated carbocycles. The third kappa shape index (κ3) is 1.52. The molecule has 1 N–H and O–H groups in total. The summed E-state index contributed by atoms with van der Waals surface area (Å²) in [5, 5.41) is 10.5. The normalized spacial score (nSPS) is 20.1. The van der Waals surface area contributed by atoms with Gasteiger partial charge in [-0.1, -0.05) is 19.3 Å². The van der Waals surface area contributed by atoms with Gasteiger partial charge in [-0.25, -0.2) is 0 Å². The summed E-state index contributed by atoms with van der Waals surface area (Å²) < 4.78 is 5.70. The zero-order valence-corrected chi connectivity index (χ0v) is 9.15. The Balaban J connectivity index is 2.04. The third-order valence-electron chi connectivity index (χ3n) is 3.43. The van der Waals surface area contributed by atoms with E-state index < -0.39 is 5.60 Å². The van der Waals surface area contributed by atoms with Crippen molar-refractivity contribution in [2.24, 2.45) is 0 Å². The average molecular weight is 217 g/mol. The highest BCUT2D eigenvalue weighted by Crippen LogP contribution is 2.38. The van der Waals surface area contributed by atoms with Crippen molar-refractivity contribution in [2.75, 3.05) is 0 Å². The van der Waals surface area contributed by atoms with Crippen LogP contribution in [0.2, 0.25) is 0 Å². The van der Waals surface area contributed by atoms with Crippen LogP contribution in [0.5, 0.6) is 0 Å². The number of fused-ring (bicyclic) bond motifs is 1. The van der Waals surface area contributed by atoms with E-state index in [9.17, 15) is 5.11 Å². The fourth-order valence-electron chi connectivity index (χ4n) is 2.48. The maximum atomic E-state index is 10.5. The predicted molar refractivity (Wildman–Crippen MR) is 61.0 cm³/mol. The van der Waals surface area contributed by atoms with Gasteiger partial charge < -0.3 is 9.52 Å². The second-order valence-corrected chi connectivity index (χ2v) is 4.59. The molecular formula is C13H15NO2. The summed E-state index contributed by atoms with van der Waals surface area (Å²) in [5.41, 5.74) is 0.826. The molecule has 0 radical (unpaired) electrons. The minimum absolute atomic E-state index is 0.681. The van der Waals surface area contributed by atoms with E-state index in [2.05, 4.69) is 4.98 Å². The molecule has 0 amide bonds. The van der Waals surface area contributed by atoms with Gasteiger partial charge in [0.1, 0.15) is 16.9 Å². The number of aliphatic hydroxyl groups is 1. The van der Waals surface area contributed by atoms with Crippen molar-refractivity contribution in [3.05, 3.63) is 30.2 Å². The van der Waals surface area contributed by atoms with Crippen LogP contribution in [-0.4, -0.2) is 10.1 Å². The van der Waals surface area contributed by atoms with Crippen LogP contribution in [0.15, 0.2) is 28.8 Å². The first-order valence-corrected chi connectivity index (χ1v) is 5.85. The van der Waals surface area contributed by atoms with Gasteiger partial charge in [0, 0.05) is 12.3 Å². The summed E-state index contributed by atoms with van der Waals surface area (Å²) in [6.07, 6.45) is 6.69. The fraction of sp³-hybridized carbons (Fsp3) is 0.462. The lowest BCUT2D eigenvalue weighted by Gasteiger charge is -2.29. The quantitative estimate of drug-likeness (QED) is 0.798. The lowest BCUT2D eigenvalue weighted by molar-refractivity contribution is -0.0186. The highest BCUT2D eigenvalue weighted by Gasteiger charge is 2.34. The summed E-state index contributed by atoms with van der Waals surface area (Å²) >= 11 is 0. The zero-order valence-electron chi connectivity index (χ0n) is 9.15. The summed E-state index contributed by atoms with van der Waals surface area (Å²) in [6.45, 7) is 0. The van der Waals surface area contributed by atoms with Crippen molar-refractivity contribution >= 4 is 11.1 Å². The Bertz CT molecular complexity index is 464. The Hall–Kier alpha value is -1.35. The molecule has 0 aromatic carbocycles. The minimum atomic E-state index is -0.765. The van der Waals surface area contributed by atoms with E-state index in [-0.39, 0.29) is 0 Å². The van der Waals surface area contributed by atoms with E-state index in [1.54, 1.807) is 6.20 Å². The van der Waals surface area contributed by atoms with Crippen molar-refractivity contribution in [1.29, 1.82) is 0 Å². The summed E-state index contributed by atoms with van der Waals surface area (Å²) in [7, 11) is 0. The van der Waals surface area contributed by atoms with Crippen molar-refractivity contribution < 1.29 is 9.52 Å². The largest absolute Gasteiger partial charge is 0.456 e. The molecule has 3 rings (SSSR count). The van der Waals surface area contributed by atoms with Gasteiger partial charge in [-0.3, -0.25) is 4.98 Å². The second kappa shape index (κ2) is 3.59. The topological polar surface area (TPSA) is 46.3 Å². The van der Waals surface area contributed by atoms with Crippen molar-refractivity contribution in [1.82, 2.24) is 4.98 Å². The van der Waals surface area contributed by atoms with Crippen molar-refractivity contribution in [2.45, 2.75) is 37.7 Å². The van der Waals surface area contributed by atoms with Crippen LogP contribution in [0, 0.1) is 0 Å². The van der Waals surface area contributed by atoms with E-state index in [0.717, 1.165) is 36.8 Å². The molecule has 2 heterocycles. The number of hydrogen-bond acceptors (Lipinski definition) is 3. The van der Waals surface area contributed by atoms with Gasteiger partial charge in [0.05, 0.1) is 0 Å². The maximum Gasteiger partial charge on any atom is 0.152 e. The molecule has 0 saturated heterocycles. The van der Waals surface area contributed by atoms with Gasteiger partial charge in [-0.2, -0.15) is 0 Å². The van der Waals surface area contributed by atoms with Gasteiger partial charge in [-0.15, -0.1) is 0 Å². The summed E-state index contributed by atoms with van der Waals surface area (Å²) in [6, 6.07) is 5.61. The molecule has 0 spiro atoms. The van der Waals surface area contributed by atoms with Crippen LogP contribution in [0.1, 0.15) is 37.9 Å². The molecule has 0 unspecified atom stereocenters. The summed E-state index contributed by atoms with van der Waals surface area (Å²) in [4.78, 5) is 4.22. The van der Waals surface area contributed by atoms with Crippen LogP contribution in [0.3, 0.4) is 0 Å². The first-order chi connectivity index (χ1) is 7.78. The van der Waals surface area contributed by atoms with Gasteiger partial charge in [-0.05, 0) is 25.0 Å². The first kappa shape index (κ1) is 9.85. The Morgan fingerprint density at radius 3 is 2.81 bits per heavy atom. The molecule has 84 valence electrons.